The van der Waals surface area contributed by atoms with E-state index in [0.717, 1.165) is 17.0 Å². The van der Waals surface area contributed by atoms with E-state index in [1.165, 1.54) is 31.3 Å². The molecule has 3 aromatic heterocycles. The number of ketones is 2. The van der Waals surface area contributed by atoms with Crippen LogP contribution in [-0.2, 0) is 4.79 Å². The fraction of sp³-hybridized carbons (Fsp3) is 0.130. The summed E-state index contributed by atoms with van der Waals surface area (Å²) in [7, 11) is 3.23. The number of aromatic amines is 1. The molecule has 0 atom stereocenters. The Labute approximate surface area is 375 Å². The van der Waals surface area contributed by atoms with Gasteiger partial charge in [-0.05, 0) is 43.3 Å². The number of H-pyrrole nitrogens is 1. The zero-order valence-electron chi connectivity index (χ0n) is 34.4. The smallest absolute Gasteiger partial charge is 0.296 e. The summed E-state index contributed by atoms with van der Waals surface area (Å²) in [5, 5.41) is 27.7. The van der Waals surface area contributed by atoms with Crippen LogP contribution in [-0.4, -0.2) is 67.2 Å². The Morgan fingerprint density at radius 1 is 0.692 bits per heavy atom. The summed E-state index contributed by atoms with van der Waals surface area (Å²) in [5.74, 6) is 1.32. The van der Waals surface area contributed by atoms with Crippen LogP contribution >= 0.6 is 0 Å². The minimum atomic E-state index is -0.498. The Morgan fingerprint density at radius 3 is 1.65 bits per heavy atom. The maximum atomic E-state index is 11.3. The van der Waals surface area contributed by atoms with E-state index in [0.29, 0.717) is 57.7 Å². The third-order valence-electron chi connectivity index (χ3n) is 8.48. The molecule has 0 amide bonds. The van der Waals surface area contributed by atoms with E-state index in [2.05, 4.69) is 30.6 Å². The lowest BCUT2D eigenvalue weighted by atomic mass is 10.1. The van der Waals surface area contributed by atoms with Crippen molar-refractivity contribution in [1.29, 1.82) is 0 Å². The second-order valence-electron chi connectivity index (χ2n) is 12.7. The number of rotatable bonds is 13. The number of nitro benzene ring substituents is 2. The zero-order chi connectivity index (χ0) is 43.9. The monoisotopic (exact) mass is 889 g/mol. The molecule has 8 N–H and O–H groups in total. The molecule has 0 unspecified atom stereocenters. The van der Waals surface area contributed by atoms with Crippen LogP contribution in [0.4, 0.5) is 22.7 Å². The number of benzene rings is 4. The van der Waals surface area contributed by atoms with Crippen molar-refractivity contribution in [2.45, 2.75) is 28.7 Å². The van der Waals surface area contributed by atoms with Crippen molar-refractivity contribution in [2.24, 2.45) is 0 Å². The molecule has 7 rings (SSSR count). The molecule has 0 saturated heterocycles. The fourth-order valence-electron chi connectivity index (χ4n) is 5.56. The first-order chi connectivity index (χ1) is 29.4. The van der Waals surface area contributed by atoms with Crippen LogP contribution < -0.4 is 26.3 Å². The van der Waals surface area contributed by atoms with Gasteiger partial charge in [-0.1, -0.05) is 75.5 Å². The number of aromatic nitrogens is 4. The molecule has 19 heteroatoms. The Balaban J connectivity index is 0.000000524. The first-order valence-electron chi connectivity index (χ1n) is 18.3. The fourth-order valence-corrected chi connectivity index (χ4v) is 5.56. The van der Waals surface area contributed by atoms with Crippen LogP contribution in [0.15, 0.2) is 134 Å². The largest absolute Gasteiger partial charge is 0.457 e. The third kappa shape index (κ3) is 14.7. The normalized spacial score (nSPS) is 9.48. The van der Waals surface area contributed by atoms with E-state index >= 15 is 0 Å². The van der Waals surface area contributed by atoms with Crippen molar-refractivity contribution < 1.29 is 39.2 Å². The van der Waals surface area contributed by atoms with Crippen LogP contribution in [0.25, 0.3) is 22.8 Å². The molecule has 0 aliphatic heterocycles. The van der Waals surface area contributed by atoms with E-state index in [9.17, 15) is 34.6 Å². The van der Waals surface area contributed by atoms with E-state index in [1.807, 2.05) is 37.3 Å². The van der Waals surface area contributed by atoms with Crippen LogP contribution in [0, 0.1) is 27.2 Å². The summed E-state index contributed by atoms with van der Waals surface area (Å²) in [6, 6.07) is 34.0. The van der Waals surface area contributed by atoms with Crippen molar-refractivity contribution in [3.05, 3.63) is 171 Å². The summed E-state index contributed by atoms with van der Waals surface area (Å²) >= 11 is 0. The summed E-state index contributed by atoms with van der Waals surface area (Å²) in [6.07, 6.45) is 3.63. The summed E-state index contributed by atoms with van der Waals surface area (Å²) < 4.78 is 11.3. The van der Waals surface area contributed by atoms with Crippen LogP contribution in [0.2, 0.25) is 0 Å². The number of aryl methyl sites for hydroxylation is 1. The van der Waals surface area contributed by atoms with Crippen LogP contribution in [0.5, 0.6) is 23.0 Å². The SMILES string of the molecule is C.C.CC(=O)C(=O)c1ccccc1.CNc1ccc(Oc2ccnc(-c3nc(-c4ccccc4)c(C)[nH]3)c2)cc1[N+](=O)[O-].CNc1ccc(Oc2ccnc(C=O)c2)cc1[N+](=O)[O-].N.O. The van der Waals surface area contributed by atoms with Crippen LogP contribution in [0.1, 0.15) is 48.3 Å². The molecule has 0 radical (unpaired) electrons. The lowest BCUT2D eigenvalue weighted by Crippen LogP contribution is -2.08. The number of hydrogen-bond acceptors (Lipinski definition) is 15. The van der Waals surface area contributed by atoms with Crippen LogP contribution in [0.3, 0.4) is 0 Å². The van der Waals surface area contributed by atoms with Crippen molar-refractivity contribution in [1.82, 2.24) is 26.1 Å². The average Bonchev–Trinajstić information content (AvgIpc) is 3.68. The second kappa shape index (κ2) is 25.9. The highest BCUT2D eigenvalue weighted by Gasteiger charge is 2.17. The molecule has 19 nitrogen and oxygen atoms in total. The molecule has 340 valence electrons. The Kier molecular flexibility index (Phi) is 21.7. The lowest BCUT2D eigenvalue weighted by Gasteiger charge is -2.08. The molecule has 0 aliphatic carbocycles. The molecule has 4 aromatic carbocycles. The van der Waals surface area contributed by atoms with Gasteiger partial charge < -0.3 is 36.7 Å². The van der Waals surface area contributed by atoms with Gasteiger partial charge in [-0.2, -0.15) is 0 Å². The number of hydrogen-bond donors (Lipinski definition) is 4. The van der Waals surface area contributed by atoms with Gasteiger partial charge in [-0.15, -0.1) is 0 Å². The topological polar surface area (TPSA) is 301 Å². The highest BCUT2D eigenvalue weighted by atomic mass is 16.6. The van der Waals surface area contributed by atoms with Gasteiger partial charge in [0.05, 0.1) is 27.7 Å². The maximum Gasteiger partial charge on any atom is 0.296 e. The molecule has 7 aromatic rings. The predicted octanol–water partition coefficient (Wildman–Crippen LogP) is 9.89. The lowest BCUT2D eigenvalue weighted by molar-refractivity contribution is -0.384. The number of Topliss-reactive ketones (excluding diaryl/α,β-unsaturated/α-hetero) is 2. The van der Waals surface area contributed by atoms with Gasteiger partial charge in [-0.25, -0.2) is 4.98 Å². The van der Waals surface area contributed by atoms with Crippen molar-refractivity contribution in [2.75, 3.05) is 24.7 Å². The number of anilines is 2. The molecule has 65 heavy (non-hydrogen) atoms. The predicted molar refractivity (Wildman–Crippen MR) is 251 cm³/mol. The van der Waals surface area contributed by atoms with E-state index in [4.69, 9.17) is 9.47 Å². The number of nitro groups is 2. The maximum absolute atomic E-state index is 11.3. The number of aldehydes is 1. The van der Waals surface area contributed by atoms with Gasteiger partial charge in [-0.3, -0.25) is 44.6 Å². The van der Waals surface area contributed by atoms with Gasteiger partial charge in [0, 0.05) is 62.4 Å². The second-order valence-corrected chi connectivity index (χ2v) is 12.7. The van der Waals surface area contributed by atoms with Gasteiger partial charge >= 0.3 is 0 Å². The molecular weight excluding hydrogens is 839 g/mol. The number of imidazole rings is 1. The first-order valence-corrected chi connectivity index (χ1v) is 18.3. The van der Waals surface area contributed by atoms with Gasteiger partial charge in [0.2, 0.25) is 5.78 Å². The minimum Gasteiger partial charge on any atom is -0.457 e. The number of pyridine rings is 2. The average molecular weight is 890 g/mol. The van der Waals surface area contributed by atoms with E-state index < -0.39 is 21.4 Å². The van der Waals surface area contributed by atoms with Gasteiger partial charge in [0.1, 0.15) is 45.8 Å². The Hall–Kier alpha value is -8.68. The number of nitrogens with one attached hydrogen (secondary N) is 3. The third-order valence-corrected chi connectivity index (χ3v) is 8.48. The first kappa shape index (κ1) is 54.3. The molecule has 0 fully saturated rings. The van der Waals surface area contributed by atoms with Crippen molar-refractivity contribution in [3.8, 4) is 45.8 Å². The minimum absolute atomic E-state index is 0. The Morgan fingerprint density at radius 2 is 1.17 bits per heavy atom. The highest BCUT2D eigenvalue weighted by Crippen LogP contribution is 2.33. The van der Waals surface area contributed by atoms with Crippen molar-refractivity contribution in [3.63, 3.8) is 0 Å². The molecule has 0 saturated carbocycles. The van der Waals surface area contributed by atoms with E-state index in [-0.39, 0.29) is 43.5 Å². The number of carbonyl (C=O) groups is 3. The van der Waals surface area contributed by atoms with Gasteiger partial charge in [0.15, 0.2) is 17.9 Å². The Bertz CT molecular complexity index is 2680. The van der Waals surface area contributed by atoms with Crippen molar-refractivity contribution >= 4 is 40.6 Å². The van der Waals surface area contributed by atoms with Gasteiger partial charge in [0.25, 0.3) is 11.4 Å². The van der Waals surface area contributed by atoms with E-state index in [1.54, 1.807) is 93.1 Å². The molecule has 0 spiro atoms. The summed E-state index contributed by atoms with van der Waals surface area (Å²) in [4.78, 5) is 69.6. The molecular formula is C46H51N9O10. The quantitative estimate of drug-likeness (QED) is 0.0275. The number of ether oxygens (including phenoxy) is 2. The molecule has 0 bridgehead atoms. The number of nitrogens with zero attached hydrogens (tertiary/aromatic N) is 5. The molecule has 0 aliphatic rings. The molecule has 3 heterocycles. The summed E-state index contributed by atoms with van der Waals surface area (Å²) in [5.41, 5.74) is 4.77. The summed E-state index contributed by atoms with van der Waals surface area (Å²) in [6.45, 7) is 3.23. The zero-order valence-corrected chi connectivity index (χ0v) is 34.4. The standard InChI is InChI=1S/C22H19N5O3.C13H11N3O4.C9H8O2.2CH4.H3N.H2O/c1-14-21(15-6-4-3-5-7-15)26-22(25-14)19-12-17(10-11-24-19)30-16-8-9-18(23-2)20(13-16)27(28)29;1-14-12-3-2-10(7-13(12)16(18)19)20-11-4-5-15-9(6-11)8-17;1-7(10)9(11)8-5-3-2-4-6-8;;;;/h3-13,23H,1-2H3,(H,25,26);2-8,14H,1H3;2-6H,1H3;2*1H4;1H3;1H2. The number of carbonyl (C=O) groups excluding carboxylic acids is 3. The highest BCUT2D eigenvalue weighted by molar-refractivity contribution is 6.42.